The zero-order valence-corrected chi connectivity index (χ0v) is 13.4. The van der Waals surface area contributed by atoms with Gasteiger partial charge in [-0.2, -0.15) is 0 Å². The van der Waals surface area contributed by atoms with E-state index >= 15 is 0 Å². The summed E-state index contributed by atoms with van der Waals surface area (Å²) in [5.41, 5.74) is 2.12. The maximum atomic E-state index is 10.2. The fourth-order valence-corrected chi connectivity index (χ4v) is 2.37. The van der Waals surface area contributed by atoms with Crippen molar-refractivity contribution in [2.45, 2.75) is 39.2 Å². The molecule has 0 unspecified atom stereocenters. The molecule has 0 radical (unpaired) electrons. The lowest BCUT2D eigenvalue weighted by Crippen LogP contribution is -2.02. The molecule has 0 aliphatic carbocycles. The molecule has 0 atom stereocenters. The number of nitrogens with zero attached hydrogens (tertiary/aromatic N) is 1. The Balaban J connectivity index is 2.02. The van der Waals surface area contributed by atoms with Crippen LogP contribution in [0, 0.1) is 0 Å². The van der Waals surface area contributed by atoms with E-state index in [9.17, 15) is 10.3 Å². The van der Waals surface area contributed by atoms with Gasteiger partial charge in [0.25, 0.3) is 0 Å². The van der Waals surface area contributed by atoms with Gasteiger partial charge in [0.05, 0.1) is 5.71 Å². The van der Waals surface area contributed by atoms with Gasteiger partial charge in [0, 0.05) is 11.6 Å². The van der Waals surface area contributed by atoms with Crippen molar-refractivity contribution in [2.24, 2.45) is 5.16 Å². The Kier molecular flexibility index (Phi) is 6.48. The van der Waals surface area contributed by atoms with Crippen LogP contribution in [0.5, 0.6) is 11.5 Å². The highest BCUT2D eigenvalue weighted by atomic mass is 16.5. The third-order valence-corrected chi connectivity index (χ3v) is 3.67. The Bertz CT molecular complexity index is 638. The summed E-state index contributed by atoms with van der Waals surface area (Å²) < 4.78 is 5.68. The van der Waals surface area contributed by atoms with Crippen LogP contribution < -0.4 is 4.74 Å². The van der Waals surface area contributed by atoms with Crippen LogP contribution in [0.2, 0.25) is 0 Å². The highest BCUT2D eigenvalue weighted by Crippen LogP contribution is 2.26. The van der Waals surface area contributed by atoms with Crippen molar-refractivity contribution in [2.75, 3.05) is 0 Å². The van der Waals surface area contributed by atoms with Crippen molar-refractivity contribution >= 4 is 5.71 Å². The summed E-state index contributed by atoms with van der Waals surface area (Å²) in [4.78, 5) is 0. The lowest BCUT2D eigenvalue weighted by atomic mass is 10.0. The number of hydrogen-bond acceptors (Lipinski definition) is 4. The predicted octanol–water partition coefficient (Wildman–Crippen LogP) is 4.73. The highest BCUT2D eigenvalue weighted by Gasteiger charge is 2.11. The fraction of sp³-hybridized carbons (Fsp3) is 0.316. The van der Waals surface area contributed by atoms with Gasteiger partial charge in [0.15, 0.2) is 0 Å². The zero-order chi connectivity index (χ0) is 16.5. The Morgan fingerprint density at radius 2 is 1.87 bits per heavy atom. The second-order valence-corrected chi connectivity index (χ2v) is 5.46. The first-order valence-corrected chi connectivity index (χ1v) is 7.95. The third kappa shape index (κ3) is 5.02. The third-order valence-electron chi connectivity index (χ3n) is 3.67. The number of oxime groups is 1. The number of rotatable bonds is 8. The zero-order valence-electron chi connectivity index (χ0n) is 13.4. The Hall–Kier alpha value is -2.49. The van der Waals surface area contributed by atoms with Gasteiger partial charge >= 0.3 is 0 Å². The van der Waals surface area contributed by atoms with E-state index in [4.69, 9.17) is 4.74 Å². The van der Waals surface area contributed by atoms with Gasteiger partial charge in [-0.05, 0) is 30.5 Å². The van der Waals surface area contributed by atoms with Gasteiger partial charge in [0.2, 0.25) is 0 Å². The van der Waals surface area contributed by atoms with E-state index in [1.54, 1.807) is 18.2 Å². The van der Waals surface area contributed by atoms with Crippen LogP contribution in [0.25, 0.3) is 0 Å². The van der Waals surface area contributed by atoms with Crippen LogP contribution >= 0.6 is 0 Å². The van der Waals surface area contributed by atoms with Crippen molar-refractivity contribution in [3.05, 3.63) is 59.7 Å². The standard InChI is InChI=1S/C19H23NO3/c1-2-3-5-10-18(20-22)17-12-11-16(13-19(17)21)23-14-15-8-6-4-7-9-15/h4,6-9,11-13,21-22H,2-3,5,10,14H2,1H3. The lowest BCUT2D eigenvalue weighted by Gasteiger charge is -2.10. The predicted molar refractivity (Wildman–Crippen MR) is 91.3 cm³/mol. The smallest absolute Gasteiger partial charge is 0.128 e. The monoisotopic (exact) mass is 313 g/mol. The topological polar surface area (TPSA) is 62.1 Å². The van der Waals surface area contributed by atoms with E-state index in [0.717, 1.165) is 24.8 Å². The molecule has 0 bridgehead atoms. The summed E-state index contributed by atoms with van der Waals surface area (Å²) in [5.74, 6) is 0.654. The van der Waals surface area contributed by atoms with Crippen molar-refractivity contribution in [1.82, 2.24) is 0 Å². The second kappa shape index (κ2) is 8.83. The minimum absolute atomic E-state index is 0.0693. The number of aromatic hydroxyl groups is 1. The van der Waals surface area contributed by atoms with E-state index in [1.165, 1.54) is 0 Å². The molecule has 0 saturated heterocycles. The molecule has 0 aliphatic rings. The average Bonchev–Trinajstić information content (AvgIpc) is 2.59. The van der Waals surface area contributed by atoms with Gasteiger partial charge in [-0.1, -0.05) is 55.3 Å². The summed E-state index contributed by atoms with van der Waals surface area (Å²) in [7, 11) is 0. The number of unbranched alkanes of at least 4 members (excludes halogenated alkanes) is 2. The molecule has 0 heterocycles. The Morgan fingerprint density at radius 3 is 2.52 bits per heavy atom. The number of benzene rings is 2. The molecule has 4 nitrogen and oxygen atoms in total. The highest BCUT2D eigenvalue weighted by molar-refractivity contribution is 6.02. The van der Waals surface area contributed by atoms with Crippen LogP contribution in [0.15, 0.2) is 53.7 Å². The number of phenols is 1. The first-order chi connectivity index (χ1) is 11.2. The van der Waals surface area contributed by atoms with Gasteiger partial charge < -0.3 is 15.1 Å². The van der Waals surface area contributed by atoms with Crippen molar-refractivity contribution in [3.8, 4) is 11.5 Å². The second-order valence-electron chi connectivity index (χ2n) is 5.46. The molecular formula is C19H23NO3. The molecule has 2 rings (SSSR count). The molecule has 0 aromatic heterocycles. The number of hydrogen-bond donors (Lipinski definition) is 2. The maximum absolute atomic E-state index is 10.2. The molecule has 0 saturated carbocycles. The first kappa shape index (κ1) is 16.9. The fourth-order valence-electron chi connectivity index (χ4n) is 2.37. The summed E-state index contributed by atoms with van der Waals surface area (Å²) >= 11 is 0. The van der Waals surface area contributed by atoms with Crippen LogP contribution in [0.1, 0.15) is 43.7 Å². The van der Waals surface area contributed by atoms with Gasteiger partial charge in [-0.25, -0.2) is 0 Å². The van der Waals surface area contributed by atoms with E-state index < -0.39 is 0 Å². The molecule has 2 N–H and O–H groups in total. The normalized spacial score (nSPS) is 11.4. The van der Waals surface area contributed by atoms with Crippen molar-refractivity contribution in [1.29, 1.82) is 0 Å². The van der Waals surface area contributed by atoms with Crippen LogP contribution in [-0.2, 0) is 6.61 Å². The van der Waals surface area contributed by atoms with Crippen LogP contribution in [-0.4, -0.2) is 16.0 Å². The van der Waals surface area contributed by atoms with Crippen molar-refractivity contribution < 1.29 is 15.1 Å². The first-order valence-electron chi connectivity index (χ1n) is 7.95. The van der Waals surface area contributed by atoms with E-state index in [0.29, 0.717) is 30.1 Å². The molecule has 0 aliphatic heterocycles. The number of ether oxygens (including phenoxy) is 1. The minimum atomic E-state index is 0.0693. The Morgan fingerprint density at radius 1 is 1.09 bits per heavy atom. The minimum Gasteiger partial charge on any atom is -0.507 e. The average molecular weight is 313 g/mol. The quantitative estimate of drug-likeness (QED) is 0.320. The molecule has 2 aromatic rings. The molecule has 0 amide bonds. The SMILES string of the molecule is CCCCCC(=NO)c1ccc(OCc2ccccc2)cc1O. The van der Waals surface area contributed by atoms with Gasteiger partial charge in [0.1, 0.15) is 18.1 Å². The molecule has 0 spiro atoms. The summed E-state index contributed by atoms with van der Waals surface area (Å²) in [6, 6.07) is 14.9. The summed E-state index contributed by atoms with van der Waals surface area (Å²) in [5, 5.41) is 22.7. The molecule has 4 heteroatoms. The maximum Gasteiger partial charge on any atom is 0.128 e. The van der Waals surface area contributed by atoms with Crippen LogP contribution in [0.3, 0.4) is 0 Å². The van der Waals surface area contributed by atoms with Crippen LogP contribution in [0.4, 0.5) is 0 Å². The summed E-state index contributed by atoms with van der Waals surface area (Å²) in [6.45, 7) is 2.56. The lowest BCUT2D eigenvalue weighted by molar-refractivity contribution is 0.304. The summed E-state index contributed by atoms with van der Waals surface area (Å²) in [6.07, 6.45) is 3.73. The largest absolute Gasteiger partial charge is 0.507 e. The number of phenolic OH excluding ortho intramolecular Hbond substituents is 1. The van der Waals surface area contributed by atoms with E-state index in [-0.39, 0.29) is 5.75 Å². The van der Waals surface area contributed by atoms with Gasteiger partial charge in [-0.15, -0.1) is 0 Å². The van der Waals surface area contributed by atoms with E-state index in [1.807, 2.05) is 30.3 Å². The molecule has 0 fully saturated rings. The van der Waals surface area contributed by atoms with Crippen molar-refractivity contribution in [3.63, 3.8) is 0 Å². The molecule has 23 heavy (non-hydrogen) atoms. The van der Waals surface area contributed by atoms with E-state index in [2.05, 4.69) is 12.1 Å². The molecule has 122 valence electrons. The molecular weight excluding hydrogens is 290 g/mol. The molecule has 2 aromatic carbocycles. The Labute approximate surface area is 137 Å². The van der Waals surface area contributed by atoms with Gasteiger partial charge in [-0.3, -0.25) is 0 Å².